The van der Waals surface area contributed by atoms with Gasteiger partial charge >= 0.3 is 13.5 Å². The van der Waals surface area contributed by atoms with Crippen molar-refractivity contribution in [3.05, 3.63) is 49.3 Å². The summed E-state index contributed by atoms with van der Waals surface area (Å²) in [6.45, 7) is 8.74. The number of nitrogen functional groups attached to an aromatic ring is 1. The molecule has 12 nitrogen and oxygen atoms in total. The second-order valence-corrected chi connectivity index (χ2v) is 11.0. The van der Waals surface area contributed by atoms with E-state index >= 15 is 0 Å². The number of nitrogens with two attached hydrogens (primary N) is 1. The molecule has 2 atom stereocenters. The summed E-state index contributed by atoms with van der Waals surface area (Å²) in [6.07, 6.45) is 7.01. The van der Waals surface area contributed by atoms with Crippen molar-refractivity contribution in [1.29, 1.82) is 0 Å². The fraction of sp³-hybridized carbons (Fsp3) is 0.462. The van der Waals surface area contributed by atoms with Crippen LogP contribution < -0.4 is 20.7 Å². The Bertz CT molecular complexity index is 1250. The molecule has 4 N–H and O–H groups in total. The lowest BCUT2D eigenvalue weighted by atomic mass is 10.2. The SMILES string of the molecule is C=CCNc1nc(N)nc2c1ncn2CCOCP(=O)(NC(C)C(=O)OCCCCCC)Oc1ccccc1. The highest BCUT2D eigenvalue weighted by Gasteiger charge is 2.31. The molecule has 0 aliphatic heterocycles. The average Bonchev–Trinajstić information content (AvgIpc) is 3.32. The zero-order valence-corrected chi connectivity index (χ0v) is 23.4. The number of aromatic nitrogens is 4. The summed E-state index contributed by atoms with van der Waals surface area (Å²) in [6, 6.07) is 7.88. The number of esters is 1. The van der Waals surface area contributed by atoms with E-state index in [1.54, 1.807) is 48.2 Å². The van der Waals surface area contributed by atoms with Gasteiger partial charge < -0.3 is 29.6 Å². The third-order valence-electron chi connectivity index (χ3n) is 5.61. The van der Waals surface area contributed by atoms with Crippen LogP contribution in [0.25, 0.3) is 11.2 Å². The minimum absolute atomic E-state index is 0.105. The Morgan fingerprint density at radius 1 is 1.21 bits per heavy atom. The van der Waals surface area contributed by atoms with Crippen molar-refractivity contribution in [2.24, 2.45) is 0 Å². The molecule has 0 saturated heterocycles. The number of ether oxygens (including phenoxy) is 2. The Morgan fingerprint density at radius 3 is 2.74 bits per heavy atom. The Balaban J connectivity index is 1.61. The third kappa shape index (κ3) is 9.35. The van der Waals surface area contributed by atoms with Gasteiger partial charge in [-0.25, -0.2) is 10.1 Å². The number of hydrogen-bond acceptors (Lipinski definition) is 10. The number of benzene rings is 1. The van der Waals surface area contributed by atoms with Crippen molar-refractivity contribution >= 4 is 36.4 Å². The van der Waals surface area contributed by atoms with Crippen LogP contribution in [-0.4, -0.2) is 57.6 Å². The number of nitrogens with one attached hydrogen (secondary N) is 2. The van der Waals surface area contributed by atoms with Gasteiger partial charge in [0.25, 0.3) is 0 Å². The molecule has 3 rings (SSSR count). The largest absolute Gasteiger partial charge is 0.465 e. The van der Waals surface area contributed by atoms with Gasteiger partial charge in [0.05, 0.1) is 19.5 Å². The van der Waals surface area contributed by atoms with Gasteiger partial charge in [0.1, 0.15) is 18.1 Å². The molecule has 0 fully saturated rings. The number of imidazole rings is 1. The first-order valence-corrected chi connectivity index (χ1v) is 14.8. The van der Waals surface area contributed by atoms with Gasteiger partial charge in [0.2, 0.25) is 5.95 Å². The normalized spacial score (nSPS) is 13.5. The Kier molecular flexibility index (Phi) is 11.7. The van der Waals surface area contributed by atoms with E-state index in [2.05, 4.69) is 38.9 Å². The highest BCUT2D eigenvalue weighted by atomic mass is 31.2. The summed E-state index contributed by atoms with van der Waals surface area (Å²) in [4.78, 5) is 25.4. The van der Waals surface area contributed by atoms with Crippen LogP contribution in [0, 0.1) is 0 Å². The maximum Gasteiger partial charge on any atom is 0.342 e. The maximum atomic E-state index is 13.7. The highest BCUT2D eigenvalue weighted by Crippen LogP contribution is 2.43. The van der Waals surface area contributed by atoms with E-state index in [1.165, 1.54) is 0 Å². The minimum atomic E-state index is -3.65. The van der Waals surface area contributed by atoms with Crippen molar-refractivity contribution < 1.29 is 23.4 Å². The van der Waals surface area contributed by atoms with Crippen LogP contribution in [0.15, 0.2) is 49.3 Å². The second kappa shape index (κ2) is 15.2. The second-order valence-electron chi connectivity index (χ2n) is 8.90. The monoisotopic (exact) mass is 559 g/mol. The first-order chi connectivity index (χ1) is 18.8. The highest BCUT2D eigenvalue weighted by molar-refractivity contribution is 7.57. The summed E-state index contributed by atoms with van der Waals surface area (Å²) >= 11 is 0. The van der Waals surface area contributed by atoms with E-state index in [0.717, 1.165) is 25.7 Å². The molecule has 3 aromatic rings. The van der Waals surface area contributed by atoms with Gasteiger partial charge in [-0.1, -0.05) is 50.5 Å². The zero-order valence-electron chi connectivity index (χ0n) is 22.5. The van der Waals surface area contributed by atoms with Crippen LogP contribution in [0.5, 0.6) is 5.75 Å². The molecule has 2 aromatic heterocycles. The number of anilines is 2. The summed E-state index contributed by atoms with van der Waals surface area (Å²) < 4.78 is 32.4. The van der Waals surface area contributed by atoms with E-state index in [-0.39, 0.29) is 18.9 Å². The molecule has 0 amide bonds. The van der Waals surface area contributed by atoms with E-state index in [9.17, 15) is 9.36 Å². The molecule has 0 aliphatic carbocycles. The Morgan fingerprint density at radius 2 is 2.00 bits per heavy atom. The summed E-state index contributed by atoms with van der Waals surface area (Å²) in [5, 5.41) is 5.91. The first kappa shape index (κ1) is 30.1. The number of para-hydroxylation sites is 1. The molecule has 0 aliphatic rings. The van der Waals surface area contributed by atoms with Crippen molar-refractivity contribution in [2.75, 3.05) is 37.2 Å². The third-order valence-corrected chi connectivity index (χ3v) is 7.42. The predicted molar refractivity (Wildman–Crippen MR) is 152 cm³/mol. The lowest BCUT2D eigenvalue weighted by Crippen LogP contribution is -2.35. The first-order valence-electron chi connectivity index (χ1n) is 13.0. The molecule has 0 bridgehead atoms. The van der Waals surface area contributed by atoms with Crippen molar-refractivity contribution in [3.63, 3.8) is 0 Å². The molecule has 13 heteroatoms. The average molecular weight is 560 g/mol. The summed E-state index contributed by atoms with van der Waals surface area (Å²) in [7, 11) is -3.65. The van der Waals surface area contributed by atoms with Gasteiger partial charge in [-0.2, -0.15) is 9.97 Å². The number of rotatable bonds is 18. The van der Waals surface area contributed by atoms with Crippen molar-refractivity contribution in [1.82, 2.24) is 24.6 Å². The van der Waals surface area contributed by atoms with Crippen LogP contribution in [0.1, 0.15) is 39.5 Å². The maximum absolute atomic E-state index is 13.7. The molecule has 212 valence electrons. The molecule has 2 heterocycles. The lowest BCUT2D eigenvalue weighted by Gasteiger charge is -2.23. The zero-order chi connectivity index (χ0) is 28.1. The quantitative estimate of drug-likeness (QED) is 0.0881. The smallest absolute Gasteiger partial charge is 0.342 e. The number of unbranched alkanes of at least 4 members (excludes halogenated alkanes) is 3. The number of fused-ring (bicyclic) bond motifs is 1. The van der Waals surface area contributed by atoms with E-state index in [1.807, 2.05) is 6.07 Å². The Hall–Kier alpha value is -3.47. The summed E-state index contributed by atoms with van der Waals surface area (Å²) in [5.41, 5.74) is 6.97. The van der Waals surface area contributed by atoms with Crippen LogP contribution in [0.2, 0.25) is 0 Å². The van der Waals surface area contributed by atoms with Gasteiger partial charge in [-0.3, -0.25) is 9.36 Å². The molecule has 0 radical (unpaired) electrons. The van der Waals surface area contributed by atoms with Gasteiger partial charge in [-0.05, 0) is 25.5 Å². The van der Waals surface area contributed by atoms with E-state index < -0.39 is 19.5 Å². The molecular weight excluding hydrogens is 521 g/mol. The van der Waals surface area contributed by atoms with Crippen molar-refractivity contribution in [3.8, 4) is 5.75 Å². The predicted octanol–water partition coefficient (Wildman–Crippen LogP) is 4.35. The number of carbonyl (C=O) groups excluding carboxylic acids is 1. The van der Waals surface area contributed by atoms with Crippen molar-refractivity contribution in [2.45, 2.75) is 52.1 Å². The number of carbonyl (C=O) groups is 1. The van der Waals surface area contributed by atoms with Crippen LogP contribution >= 0.6 is 7.52 Å². The topological polar surface area (TPSA) is 156 Å². The van der Waals surface area contributed by atoms with Crippen LogP contribution in [0.3, 0.4) is 0 Å². The minimum Gasteiger partial charge on any atom is -0.465 e. The number of nitrogens with zero attached hydrogens (tertiary/aromatic N) is 4. The standard InChI is InChI=1S/C26H38N7O5P/c1-4-6-7-11-16-37-25(34)20(3)32-39(35,38-21-12-9-8-10-13-21)19-36-17-15-33-18-29-22-23(28-14-5-2)30-26(27)31-24(22)33/h5,8-10,12-13,18,20H,2,4,6-7,11,14-17,19H2,1,3H3,(H,32,35)(H3,27,28,30,31). The van der Waals surface area contributed by atoms with Crippen LogP contribution in [-0.2, 0) is 25.4 Å². The fourth-order valence-electron chi connectivity index (χ4n) is 3.68. The van der Waals surface area contributed by atoms with Crippen LogP contribution in [0.4, 0.5) is 11.8 Å². The molecular formula is C26H38N7O5P. The Labute approximate surface area is 228 Å². The van der Waals surface area contributed by atoms with E-state index in [0.29, 0.717) is 42.4 Å². The molecule has 39 heavy (non-hydrogen) atoms. The number of hydrogen-bond donors (Lipinski definition) is 3. The lowest BCUT2D eigenvalue weighted by molar-refractivity contribution is -0.145. The molecule has 0 saturated carbocycles. The fourth-order valence-corrected chi connectivity index (χ4v) is 5.39. The molecule has 2 unspecified atom stereocenters. The molecule has 0 spiro atoms. The van der Waals surface area contributed by atoms with Gasteiger partial charge in [0.15, 0.2) is 17.0 Å². The summed E-state index contributed by atoms with van der Waals surface area (Å²) in [5.74, 6) is 0.511. The van der Waals surface area contributed by atoms with E-state index in [4.69, 9.17) is 19.7 Å². The van der Waals surface area contributed by atoms with Gasteiger partial charge in [0, 0.05) is 13.1 Å². The van der Waals surface area contributed by atoms with Gasteiger partial charge in [-0.15, -0.1) is 6.58 Å². The molecule has 1 aromatic carbocycles.